The van der Waals surface area contributed by atoms with Crippen molar-refractivity contribution in [2.45, 2.75) is 13.0 Å². The van der Waals surface area contributed by atoms with E-state index in [2.05, 4.69) is 0 Å². The van der Waals surface area contributed by atoms with Crippen LogP contribution in [0, 0.1) is 0 Å². The van der Waals surface area contributed by atoms with Crippen molar-refractivity contribution in [2.75, 3.05) is 38.5 Å². The first kappa shape index (κ1) is 14.3. The molecule has 100 valence electrons. The Labute approximate surface area is 107 Å². The van der Waals surface area contributed by atoms with E-state index >= 15 is 0 Å². The number of esters is 1. The van der Waals surface area contributed by atoms with Gasteiger partial charge in [0.25, 0.3) is 0 Å². The summed E-state index contributed by atoms with van der Waals surface area (Å²) in [5.74, 6) is -0.429. The summed E-state index contributed by atoms with van der Waals surface area (Å²) in [4.78, 5) is 13.6. The lowest BCUT2D eigenvalue weighted by atomic mass is 10.1. The van der Waals surface area contributed by atoms with E-state index in [4.69, 9.17) is 15.2 Å². The predicted octanol–water partition coefficient (Wildman–Crippen LogP) is 1.53. The summed E-state index contributed by atoms with van der Waals surface area (Å²) in [6.07, 6.45) is 0. The van der Waals surface area contributed by atoms with Crippen LogP contribution in [0.25, 0.3) is 0 Å². The van der Waals surface area contributed by atoms with Gasteiger partial charge in [0.05, 0.1) is 19.3 Å². The standard InChI is InChI=1S/C13H20N2O3/c1-9(8-17-3)15(2)10-5-6-12(14)11(7-10)13(16)18-4/h5-7,9H,8,14H2,1-4H3. The van der Waals surface area contributed by atoms with Crippen molar-refractivity contribution in [3.05, 3.63) is 23.8 Å². The monoisotopic (exact) mass is 252 g/mol. The molecule has 2 N–H and O–H groups in total. The lowest BCUT2D eigenvalue weighted by molar-refractivity contribution is 0.0602. The van der Waals surface area contributed by atoms with Gasteiger partial charge >= 0.3 is 5.97 Å². The first-order valence-electron chi connectivity index (χ1n) is 5.70. The molecule has 1 aromatic rings. The van der Waals surface area contributed by atoms with Gasteiger partial charge in [-0.15, -0.1) is 0 Å². The van der Waals surface area contributed by atoms with E-state index in [9.17, 15) is 4.79 Å². The van der Waals surface area contributed by atoms with Crippen LogP contribution in [0.1, 0.15) is 17.3 Å². The Kier molecular flexibility index (Phi) is 4.97. The Bertz CT molecular complexity index is 421. The lowest BCUT2D eigenvalue weighted by Gasteiger charge is -2.27. The third kappa shape index (κ3) is 3.13. The van der Waals surface area contributed by atoms with Crippen molar-refractivity contribution in [2.24, 2.45) is 0 Å². The summed E-state index contributed by atoms with van der Waals surface area (Å²) < 4.78 is 9.81. The molecule has 1 atom stereocenters. The lowest BCUT2D eigenvalue weighted by Crippen LogP contribution is -2.32. The fraction of sp³-hybridized carbons (Fsp3) is 0.462. The van der Waals surface area contributed by atoms with Gasteiger partial charge in [-0.05, 0) is 25.1 Å². The summed E-state index contributed by atoms with van der Waals surface area (Å²) in [5, 5.41) is 0. The van der Waals surface area contributed by atoms with Crippen LogP contribution in [0.2, 0.25) is 0 Å². The number of nitrogen functional groups attached to an aromatic ring is 1. The molecule has 0 saturated carbocycles. The zero-order valence-corrected chi connectivity index (χ0v) is 11.3. The van der Waals surface area contributed by atoms with E-state index < -0.39 is 5.97 Å². The molecule has 0 bridgehead atoms. The molecule has 5 nitrogen and oxygen atoms in total. The quantitative estimate of drug-likeness (QED) is 0.636. The SMILES string of the molecule is COCC(C)N(C)c1ccc(N)c(C(=O)OC)c1. The number of benzene rings is 1. The summed E-state index contributed by atoms with van der Waals surface area (Å²) in [6, 6.07) is 5.50. The molecule has 1 rings (SSSR count). The molecule has 0 saturated heterocycles. The zero-order chi connectivity index (χ0) is 13.7. The first-order valence-corrected chi connectivity index (χ1v) is 5.70. The van der Waals surface area contributed by atoms with Crippen LogP contribution in [-0.2, 0) is 9.47 Å². The maximum atomic E-state index is 11.6. The van der Waals surface area contributed by atoms with Crippen molar-refractivity contribution in [3.63, 3.8) is 0 Å². The van der Waals surface area contributed by atoms with E-state index in [1.54, 1.807) is 19.2 Å². The summed E-state index contributed by atoms with van der Waals surface area (Å²) in [5.41, 5.74) is 7.45. The second kappa shape index (κ2) is 6.26. The molecule has 0 aromatic heterocycles. The maximum absolute atomic E-state index is 11.6. The van der Waals surface area contributed by atoms with E-state index in [-0.39, 0.29) is 6.04 Å². The Balaban J connectivity index is 3.00. The van der Waals surface area contributed by atoms with Gasteiger partial charge in [-0.25, -0.2) is 4.79 Å². The molecule has 0 aliphatic carbocycles. The summed E-state index contributed by atoms with van der Waals surface area (Å²) in [6.45, 7) is 2.64. The average Bonchev–Trinajstić information content (AvgIpc) is 2.38. The molecule has 0 heterocycles. The van der Waals surface area contributed by atoms with Crippen LogP contribution in [-0.4, -0.2) is 39.9 Å². The van der Waals surface area contributed by atoms with Crippen LogP contribution in [0.15, 0.2) is 18.2 Å². The normalized spacial score (nSPS) is 12.0. The Morgan fingerprint density at radius 2 is 2.11 bits per heavy atom. The topological polar surface area (TPSA) is 64.8 Å². The van der Waals surface area contributed by atoms with Gasteiger partial charge in [0.1, 0.15) is 0 Å². The van der Waals surface area contributed by atoms with E-state index in [0.717, 1.165) is 5.69 Å². The highest BCUT2D eigenvalue weighted by molar-refractivity contribution is 5.96. The van der Waals surface area contributed by atoms with Crippen molar-refractivity contribution < 1.29 is 14.3 Å². The van der Waals surface area contributed by atoms with Crippen LogP contribution in [0.5, 0.6) is 0 Å². The number of hydrogen-bond acceptors (Lipinski definition) is 5. The maximum Gasteiger partial charge on any atom is 0.340 e. The van der Waals surface area contributed by atoms with E-state index in [0.29, 0.717) is 17.9 Å². The number of carbonyl (C=O) groups excluding carboxylic acids is 1. The minimum atomic E-state index is -0.429. The van der Waals surface area contributed by atoms with Gasteiger partial charge in [-0.2, -0.15) is 0 Å². The Morgan fingerprint density at radius 1 is 1.44 bits per heavy atom. The van der Waals surface area contributed by atoms with Crippen LogP contribution >= 0.6 is 0 Å². The van der Waals surface area contributed by atoms with Gasteiger partial charge in [-0.1, -0.05) is 0 Å². The summed E-state index contributed by atoms with van der Waals surface area (Å²) >= 11 is 0. The Hall–Kier alpha value is -1.75. The molecule has 0 aliphatic heterocycles. The van der Waals surface area contributed by atoms with Gasteiger partial charge in [-0.3, -0.25) is 0 Å². The minimum absolute atomic E-state index is 0.198. The number of carbonyl (C=O) groups is 1. The molecule has 5 heteroatoms. The van der Waals surface area contributed by atoms with E-state index in [1.807, 2.05) is 24.9 Å². The molecular formula is C13H20N2O3. The highest BCUT2D eigenvalue weighted by Gasteiger charge is 2.15. The number of nitrogens with two attached hydrogens (primary N) is 1. The number of methoxy groups -OCH3 is 2. The number of ether oxygens (including phenoxy) is 2. The molecule has 0 spiro atoms. The van der Waals surface area contributed by atoms with Gasteiger partial charge in [0.2, 0.25) is 0 Å². The average molecular weight is 252 g/mol. The third-order valence-corrected chi connectivity index (χ3v) is 2.92. The van der Waals surface area contributed by atoms with E-state index in [1.165, 1.54) is 7.11 Å². The zero-order valence-electron chi connectivity index (χ0n) is 11.3. The van der Waals surface area contributed by atoms with Crippen molar-refractivity contribution in [1.82, 2.24) is 0 Å². The van der Waals surface area contributed by atoms with Gasteiger partial charge in [0.15, 0.2) is 0 Å². The highest BCUT2D eigenvalue weighted by Crippen LogP contribution is 2.22. The summed E-state index contributed by atoms with van der Waals surface area (Å²) in [7, 11) is 4.94. The molecule has 0 amide bonds. The fourth-order valence-electron chi connectivity index (χ4n) is 1.66. The number of nitrogens with zero attached hydrogens (tertiary/aromatic N) is 1. The van der Waals surface area contributed by atoms with Gasteiger partial charge < -0.3 is 20.1 Å². The molecule has 1 aromatic carbocycles. The largest absolute Gasteiger partial charge is 0.465 e. The number of rotatable bonds is 5. The predicted molar refractivity (Wildman–Crippen MR) is 71.9 cm³/mol. The Morgan fingerprint density at radius 3 is 2.67 bits per heavy atom. The number of anilines is 2. The fourth-order valence-corrected chi connectivity index (χ4v) is 1.66. The molecule has 0 aliphatic rings. The molecule has 18 heavy (non-hydrogen) atoms. The van der Waals surface area contributed by atoms with Crippen LogP contribution in [0.3, 0.4) is 0 Å². The first-order chi connectivity index (χ1) is 8.51. The highest BCUT2D eigenvalue weighted by atomic mass is 16.5. The molecular weight excluding hydrogens is 232 g/mol. The number of hydrogen-bond donors (Lipinski definition) is 1. The van der Waals surface area contributed by atoms with Crippen molar-refractivity contribution in [3.8, 4) is 0 Å². The second-order valence-corrected chi connectivity index (χ2v) is 4.18. The molecule has 1 unspecified atom stereocenters. The van der Waals surface area contributed by atoms with Crippen molar-refractivity contribution in [1.29, 1.82) is 0 Å². The number of likely N-dealkylation sites (N-methyl/N-ethyl adjacent to an activating group) is 1. The van der Waals surface area contributed by atoms with Crippen LogP contribution < -0.4 is 10.6 Å². The smallest absolute Gasteiger partial charge is 0.340 e. The van der Waals surface area contributed by atoms with Gasteiger partial charge in [0, 0.05) is 31.6 Å². The third-order valence-electron chi connectivity index (χ3n) is 2.92. The second-order valence-electron chi connectivity index (χ2n) is 4.18. The molecule has 0 fully saturated rings. The molecule has 0 radical (unpaired) electrons. The minimum Gasteiger partial charge on any atom is -0.465 e. The van der Waals surface area contributed by atoms with Crippen LogP contribution in [0.4, 0.5) is 11.4 Å². The van der Waals surface area contributed by atoms with Crippen molar-refractivity contribution >= 4 is 17.3 Å².